The quantitative estimate of drug-likeness (QED) is 0.462. The van der Waals surface area contributed by atoms with Gasteiger partial charge in [0.1, 0.15) is 5.82 Å². The number of amides is 1. The van der Waals surface area contributed by atoms with Crippen molar-refractivity contribution in [1.29, 1.82) is 0 Å². The average molecular weight is 434 g/mol. The van der Waals surface area contributed by atoms with E-state index < -0.39 is 23.0 Å². The monoisotopic (exact) mass is 433 g/mol. The van der Waals surface area contributed by atoms with Crippen LogP contribution in [0, 0.1) is 5.82 Å². The summed E-state index contributed by atoms with van der Waals surface area (Å²) in [5.74, 6) is -0.784. The molecule has 7 heteroatoms. The largest absolute Gasteiger partial charge is 0.416 e. The first-order valence-electron chi connectivity index (χ1n) is 9.15. The zero-order chi connectivity index (χ0) is 21.7. The Hall–Kier alpha value is -2.86. The molecule has 1 atom stereocenters. The van der Waals surface area contributed by atoms with Crippen LogP contribution in [0.3, 0.4) is 0 Å². The molecule has 1 N–H and O–H groups in total. The highest BCUT2D eigenvalue weighted by molar-refractivity contribution is 6.30. The fourth-order valence-electron chi connectivity index (χ4n) is 3.78. The van der Waals surface area contributed by atoms with Crippen LogP contribution in [0.15, 0.2) is 60.7 Å². The topological polar surface area (TPSA) is 29.1 Å². The highest BCUT2D eigenvalue weighted by Crippen LogP contribution is 2.43. The maximum atomic E-state index is 13.5. The lowest BCUT2D eigenvalue weighted by Crippen LogP contribution is -2.33. The minimum absolute atomic E-state index is 0.0348. The molecule has 0 radical (unpaired) electrons. The number of carbonyl (C=O) groups is 1. The molecule has 0 spiro atoms. The molecule has 0 aliphatic carbocycles. The van der Waals surface area contributed by atoms with E-state index in [2.05, 4.69) is 5.32 Å². The normalized spacial score (nSPS) is 18.3. The zero-order valence-corrected chi connectivity index (χ0v) is 16.5. The molecule has 1 aliphatic rings. The Bertz CT molecular complexity index is 1160. The van der Waals surface area contributed by atoms with E-state index >= 15 is 0 Å². The molecule has 1 amide bonds. The molecule has 0 saturated carbocycles. The van der Waals surface area contributed by atoms with E-state index in [1.54, 1.807) is 37.3 Å². The van der Waals surface area contributed by atoms with Crippen LogP contribution < -0.4 is 5.32 Å². The maximum Gasteiger partial charge on any atom is 0.416 e. The van der Waals surface area contributed by atoms with Gasteiger partial charge in [0.05, 0.1) is 16.0 Å². The second-order valence-electron chi connectivity index (χ2n) is 7.55. The molecule has 0 fully saturated rings. The number of nitrogens with one attached hydrogen (secondary N) is 1. The predicted molar refractivity (Wildman–Crippen MR) is 108 cm³/mol. The van der Waals surface area contributed by atoms with E-state index in [1.807, 2.05) is 0 Å². The van der Waals surface area contributed by atoms with Crippen LogP contribution >= 0.6 is 11.6 Å². The van der Waals surface area contributed by atoms with Crippen LogP contribution in [-0.4, -0.2) is 5.91 Å². The maximum absolute atomic E-state index is 13.5. The van der Waals surface area contributed by atoms with Crippen LogP contribution in [0.5, 0.6) is 0 Å². The van der Waals surface area contributed by atoms with Gasteiger partial charge < -0.3 is 5.32 Å². The summed E-state index contributed by atoms with van der Waals surface area (Å²) in [4.78, 5) is 12.8. The van der Waals surface area contributed by atoms with Gasteiger partial charge in [0, 0.05) is 5.69 Å². The van der Waals surface area contributed by atoms with E-state index in [4.69, 9.17) is 11.6 Å². The molecule has 154 valence electrons. The Morgan fingerprint density at radius 1 is 1.00 bits per heavy atom. The first kappa shape index (κ1) is 20.4. The molecule has 0 bridgehead atoms. The summed E-state index contributed by atoms with van der Waals surface area (Å²) in [6.07, 6.45) is -4.18. The molecule has 2 nitrogen and oxygen atoms in total. The molecule has 1 aliphatic heterocycles. The van der Waals surface area contributed by atoms with Crippen molar-refractivity contribution < 1.29 is 22.4 Å². The molecule has 1 unspecified atom stereocenters. The van der Waals surface area contributed by atoms with Crippen LogP contribution in [0.2, 0.25) is 5.02 Å². The standard InChI is InChI=1S/C23H16ClF4NO/c1-22(12-13-5-7-19(25)18(24)9-13)17-11-15(6-8-20(17)29-21(22)30)14-3-2-4-16(10-14)23(26,27)28/h2-11H,12H2,1H3,(H,29,30). The summed E-state index contributed by atoms with van der Waals surface area (Å²) in [6.45, 7) is 1.75. The van der Waals surface area contributed by atoms with E-state index in [-0.39, 0.29) is 17.4 Å². The van der Waals surface area contributed by atoms with Crippen molar-refractivity contribution in [2.45, 2.75) is 24.9 Å². The van der Waals surface area contributed by atoms with Gasteiger partial charge in [-0.25, -0.2) is 4.39 Å². The first-order chi connectivity index (χ1) is 14.1. The summed E-state index contributed by atoms with van der Waals surface area (Å²) in [5.41, 5.74) is 1.21. The number of alkyl halides is 3. The summed E-state index contributed by atoms with van der Waals surface area (Å²) < 4.78 is 52.8. The lowest BCUT2D eigenvalue weighted by Gasteiger charge is -2.23. The van der Waals surface area contributed by atoms with Crippen molar-refractivity contribution >= 4 is 23.2 Å². The number of carbonyl (C=O) groups excluding carboxylic acids is 1. The van der Waals surface area contributed by atoms with Crippen molar-refractivity contribution in [1.82, 2.24) is 0 Å². The van der Waals surface area contributed by atoms with Gasteiger partial charge in [0.2, 0.25) is 5.91 Å². The van der Waals surface area contributed by atoms with Crippen LogP contribution in [-0.2, 0) is 22.8 Å². The highest BCUT2D eigenvalue weighted by atomic mass is 35.5. The van der Waals surface area contributed by atoms with Crippen molar-refractivity contribution in [3.8, 4) is 11.1 Å². The van der Waals surface area contributed by atoms with Crippen molar-refractivity contribution in [3.05, 3.63) is 88.2 Å². The summed E-state index contributed by atoms with van der Waals surface area (Å²) in [7, 11) is 0. The van der Waals surface area contributed by atoms with Gasteiger partial charge in [0.15, 0.2) is 0 Å². The predicted octanol–water partition coefficient (Wildman–Crippen LogP) is 6.62. The lowest BCUT2D eigenvalue weighted by atomic mass is 9.77. The molecule has 30 heavy (non-hydrogen) atoms. The number of fused-ring (bicyclic) bond motifs is 1. The molecular formula is C23H16ClF4NO. The number of benzene rings is 3. The Morgan fingerprint density at radius 3 is 2.43 bits per heavy atom. The fourth-order valence-corrected chi connectivity index (χ4v) is 3.98. The molecule has 4 rings (SSSR count). The van der Waals surface area contributed by atoms with Gasteiger partial charge >= 0.3 is 6.18 Å². The molecule has 3 aromatic carbocycles. The minimum Gasteiger partial charge on any atom is -0.325 e. The van der Waals surface area contributed by atoms with Gasteiger partial charge in [-0.3, -0.25) is 4.79 Å². The van der Waals surface area contributed by atoms with E-state index in [0.29, 0.717) is 27.9 Å². The first-order valence-corrected chi connectivity index (χ1v) is 9.53. The fraction of sp³-hybridized carbons (Fsp3) is 0.174. The third-order valence-corrected chi connectivity index (χ3v) is 5.72. The van der Waals surface area contributed by atoms with Gasteiger partial charge in [-0.2, -0.15) is 13.2 Å². The Labute approximate surface area is 175 Å². The molecular weight excluding hydrogens is 418 g/mol. The van der Waals surface area contributed by atoms with Crippen molar-refractivity contribution in [2.75, 3.05) is 5.32 Å². The SMILES string of the molecule is CC1(Cc2ccc(F)c(Cl)c2)C(=O)Nc2ccc(-c3cccc(C(F)(F)F)c3)cc21. The van der Waals surface area contributed by atoms with Crippen molar-refractivity contribution in [2.24, 2.45) is 0 Å². The Morgan fingerprint density at radius 2 is 1.73 bits per heavy atom. The Kier molecular flexibility index (Phi) is 4.85. The highest BCUT2D eigenvalue weighted by Gasteiger charge is 2.43. The molecule has 0 aromatic heterocycles. The zero-order valence-electron chi connectivity index (χ0n) is 15.8. The number of rotatable bonds is 3. The number of hydrogen-bond acceptors (Lipinski definition) is 1. The smallest absolute Gasteiger partial charge is 0.325 e. The van der Waals surface area contributed by atoms with Crippen LogP contribution in [0.1, 0.15) is 23.6 Å². The molecule has 1 heterocycles. The second kappa shape index (κ2) is 7.13. The second-order valence-corrected chi connectivity index (χ2v) is 7.96. The van der Waals surface area contributed by atoms with Crippen molar-refractivity contribution in [3.63, 3.8) is 0 Å². The lowest BCUT2D eigenvalue weighted by molar-refractivity contribution is -0.137. The number of anilines is 1. The van der Waals surface area contributed by atoms with Crippen LogP contribution in [0.4, 0.5) is 23.2 Å². The van der Waals surface area contributed by atoms with E-state index in [0.717, 1.165) is 12.1 Å². The molecule has 0 saturated heterocycles. The summed E-state index contributed by atoms with van der Waals surface area (Å²) in [6, 6.07) is 14.4. The Balaban J connectivity index is 1.75. The summed E-state index contributed by atoms with van der Waals surface area (Å²) in [5, 5.41) is 2.79. The van der Waals surface area contributed by atoms with E-state index in [1.165, 1.54) is 18.2 Å². The third-order valence-electron chi connectivity index (χ3n) is 5.43. The van der Waals surface area contributed by atoms with Gasteiger partial charge in [0.25, 0.3) is 0 Å². The minimum atomic E-state index is -4.44. The van der Waals surface area contributed by atoms with Gasteiger partial charge in [-0.05, 0) is 72.0 Å². The van der Waals surface area contributed by atoms with Gasteiger partial charge in [-0.15, -0.1) is 0 Å². The van der Waals surface area contributed by atoms with E-state index in [9.17, 15) is 22.4 Å². The summed E-state index contributed by atoms with van der Waals surface area (Å²) >= 11 is 5.87. The average Bonchev–Trinajstić information content (AvgIpc) is 2.94. The number of halogens is 5. The number of hydrogen-bond donors (Lipinski definition) is 1. The third kappa shape index (κ3) is 3.56. The van der Waals surface area contributed by atoms with Gasteiger partial charge in [-0.1, -0.05) is 35.9 Å². The van der Waals surface area contributed by atoms with Crippen LogP contribution in [0.25, 0.3) is 11.1 Å². The molecule has 3 aromatic rings.